The van der Waals surface area contributed by atoms with E-state index in [0.29, 0.717) is 5.56 Å². The van der Waals surface area contributed by atoms with Gasteiger partial charge in [0.15, 0.2) is 0 Å². The zero-order valence-corrected chi connectivity index (χ0v) is 16.3. The van der Waals surface area contributed by atoms with Crippen LogP contribution in [0.1, 0.15) is 28.4 Å². The van der Waals surface area contributed by atoms with Gasteiger partial charge in [-0.3, -0.25) is 10.1 Å². The van der Waals surface area contributed by atoms with Crippen molar-refractivity contribution < 1.29 is 14.5 Å². The van der Waals surface area contributed by atoms with Crippen molar-refractivity contribution in [3.05, 3.63) is 93.5 Å². The number of carbonyl (C=O) groups excluding carboxylic acids is 1. The van der Waals surface area contributed by atoms with Crippen molar-refractivity contribution in [3.63, 3.8) is 0 Å². The Kier molecular flexibility index (Phi) is 6.40. The zero-order valence-electron chi connectivity index (χ0n) is 16.3. The first-order chi connectivity index (χ1) is 14.5. The molecular weight excluding hydrogens is 382 g/mol. The lowest BCUT2D eigenvalue weighted by molar-refractivity contribution is -0.384. The number of esters is 1. The van der Waals surface area contributed by atoms with E-state index in [4.69, 9.17) is 4.74 Å². The third-order valence-corrected chi connectivity index (χ3v) is 4.49. The number of nitriles is 1. The van der Waals surface area contributed by atoms with Crippen molar-refractivity contribution in [2.75, 3.05) is 11.9 Å². The lowest BCUT2D eigenvalue weighted by atomic mass is 9.98. The number of para-hydroxylation sites is 1. The normalized spacial score (nSPS) is 10.1. The Bertz CT molecular complexity index is 1120. The second-order valence-corrected chi connectivity index (χ2v) is 6.39. The van der Waals surface area contributed by atoms with E-state index in [-0.39, 0.29) is 30.1 Å². The number of ether oxygens (including phenoxy) is 1. The summed E-state index contributed by atoms with van der Waals surface area (Å²) < 4.78 is 5.01. The molecule has 0 saturated carbocycles. The maximum Gasteiger partial charge on any atom is 0.340 e. The molecule has 0 aliphatic carbocycles. The molecule has 0 bridgehead atoms. The number of hydrogen-bond acceptors (Lipinski definition) is 6. The van der Waals surface area contributed by atoms with Gasteiger partial charge in [-0.2, -0.15) is 5.26 Å². The highest BCUT2D eigenvalue weighted by molar-refractivity contribution is 5.98. The molecule has 0 spiro atoms. The third kappa shape index (κ3) is 4.45. The maximum atomic E-state index is 12.2. The predicted octanol–water partition coefficient (Wildman–Crippen LogP) is 4.92. The van der Waals surface area contributed by atoms with E-state index in [1.807, 2.05) is 42.5 Å². The van der Waals surface area contributed by atoms with Crippen molar-refractivity contribution in [2.45, 2.75) is 13.5 Å². The smallest absolute Gasteiger partial charge is 0.340 e. The first-order valence-electron chi connectivity index (χ1n) is 9.32. The minimum absolute atomic E-state index is 0.0894. The highest BCUT2D eigenvalue weighted by Crippen LogP contribution is 2.30. The number of nitrogens with zero attached hydrogens (tertiary/aromatic N) is 2. The topological polar surface area (TPSA) is 105 Å². The van der Waals surface area contributed by atoms with Crippen molar-refractivity contribution in [2.24, 2.45) is 0 Å². The summed E-state index contributed by atoms with van der Waals surface area (Å²) >= 11 is 0. The van der Waals surface area contributed by atoms with Gasteiger partial charge in [-0.15, -0.1) is 0 Å². The maximum absolute atomic E-state index is 12.2. The van der Waals surface area contributed by atoms with Gasteiger partial charge in [0.25, 0.3) is 5.69 Å². The second-order valence-electron chi connectivity index (χ2n) is 6.39. The molecule has 3 aromatic carbocycles. The SMILES string of the molecule is CCOC(=O)c1cccc([N+](=O)[O-])c1NCc1ccc(-c2ccccc2)c(C#N)c1. The fourth-order valence-electron chi connectivity index (χ4n) is 3.11. The number of nitro groups is 1. The molecule has 0 fully saturated rings. The number of hydrogen-bond donors (Lipinski definition) is 1. The average molecular weight is 401 g/mol. The Morgan fingerprint density at radius 3 is 2.57 bits per heavy atom. The molecule has 30 heavy (non-hydrogen) atoms. The van der Waals surface area contributed by atoms with Crippen LogP contribution in [0.4, 0.5) is 11.4 Å². The van der Waals surface area contributed by atoms with Crippen LogP contribution in [0.15, 0.2) is 66.7 Å². The number of nitrogens with one attached hydrogen (secondary N) is 1. The van der Waals surface area contributed by atoms with E-state index in [1.165, 1.54) is 18.2 Å². The molecule has 3 aromatic rings. The van der Waals surface area contributed by atoms with Crippen LogP contribution < -0.4 is 5.32 Å². The molecule has 0 heterocycles. The van der Waals surface area contributed by atoms with Crippen LogP contribution in [-0.2, 0) is 11.3 Å². The van der Waals surface area contributed by atoms with Gasteiger partial charge in [0.05, 0.1) is 28.7 Å². The molecule has 0 atom stereocenters. The molecule has 0 aromatic heterocycles. The summed E-state index contributed by atoms with van der Waals surface area (Å²) in [5.41, 5.74) is 2.94. The summed E-state index contributed by atoms with van der Waals surface area (Å²) in [4.78, 5) is 23.1. The Morgan fingerprint density at radius 1 is 1.13 bits per heavy atom. The molecular formula is C23H19N3O4. The Balaban J connectivity index is 1.91. The van der Waals surface area contributed by atoms with Gasteiger partial charge in [0.2, 0.25) is 0 Å². The van der Waals surface area contributed by atoms with E-state index < -0.39 is 10.9 Å². The largest absolute Gasteiger partial charge is 0.462 e. The van der Waals surface area contributed by atoms with Gasteiger partial charge in [-0.25, -0.2) is 4.79 Å². The quantitative estimate of drug-likeness (QED) is 0.342. The Labute approximate surface area is 173 Å². The average Bonchev–Trinajstić information content (AvgIpc) is 2.77. The summed E-state index contributed by atoms with van der Waals surface area (Å²) in [6, 6.07) is 21.4. The molecule has 0 amide bonds. The first kappa shape index (κ1) is 20.6. The van der Waals surface area contributed by atoms with Crippen LogP contribution in [0.3, 0.4) is 0 Å². The fraction of sp³-hybridized carbons (Fsp3) is 0.130. The summed E-state index contributed by atoms with van der Waals surface area (Å²) in [5, 5.41) is 24.0. The van der Waals surface area contributed by atoms with E-state index in [0.717, 1.165) is 16.7 Å². The minimum atomic E-state index is -0.638. The van der Waals surface area contributed by atoms with Crippen LogP contribution >= 0.6 is 0 Å². The van der Waals surface area contributed by atoms with Gasteiger partial charge in [0.1, 0.15) is 5.69 Å². The number of nitro benzene ring substituents is 1. The fourth-order valence-corrected chi connectivity index (χ4v) is 3.11. The van der Waals surface area contributed by atoms with E-state index in [2.05, 4.69) is 11.4 Å². The lowest BCUT2D eigenvalue weighted by Gasteiger charge is -2.13. The van der Waals surface area contributed by atoms with E-state index in [1.54, 1.807) is 13.0 Å². The molecule has 7 heteroatoms. The number of benzene rings is 3. The summed E-state index contributed by atoms with van der Waals surface area (Å²) in [6.45, 7) is 2.02. The van der Waals surface area contributed by atoms with E-state index in [9.17, 15) is 20.2 Å². The van der Waals surface area contributed by atoms with Crippen molar-refractivity contribution >= 4 is 17.3 Å². The van der Waals surface area contributed by atoms with Gasteiger partial charge in [-0.05, 0) is 35.7 Å². The third-order valence-electron chi connectivity index (χ3n) is 4.49. The van der Waals surface area contributed by atoms with Gasteiger partial charge in [0, 0.05) is 12.6 Å². The minimum Gasteiger partial charge on any atom is -0.462 e. The van der Waals surface area contributed by atoms with Crippen LogP contribution in [-0.4, -0.2) is 17.5 Å². The van der Waals surface area contributed by atoms with Gasteiger partial charge in [-0.1, -0.05) is 48.5 Å². The van der Waals surface area contributed by atoms with Crippen molar-refractivity contribution in [1.29, 1.82) is 5.26 Å². The van der Waals surface area contributed by atoms with Crippen molar-refractivity contribution in [1.82, 2.24) is 0 Å². The standard InChI is InChI=1S/C23H19N3O4/c1-2-30-23(27)20-9-6-10-21(26(28)29)22(20)25-15-16-11-12-19(18(13-16)14-24)17-7-4-3-5-8-17/h3-13,25H,2,15H2,1H3. The lowest BCUT2D eigenvalue weighted by Crippen LogP contribution is -2.12. The molecule has 0 radical (unpaired) electrons. The van der Waals surface area contributed by atoms with E-state index >= 15 is 0 Å². The molecule has 0 unspecified atom stereocenters. The van der Waals surface area contributed by atoms with Crippen LogP contribution in [0, 0.1) is 21.4 Å². The Hall–Kier alpha value is -4.18. The highest BCUT2D eigenvalue weighted by atomic mass is 16.6. The van der Waals surface area contributed by atoms with Gasteiger partial charge < -0.3 is 10.1 Å². The monoisotopic (exact) mass is 401 g/mol. The number of rotatable bonds is 7. The molecule has 150 valence electrons. The predicted molar refractivity (Wildman–Crippen MR) is 113 cm³/mol. The van der Waals surface area contributed by atoms with Gasteiger partial charge >= 0.3 is 5.97 Å². The molecule has 0 aliphatic heterocycles. The molecule has 1 N–H and O–H groups in total. The molecule has 0 aliphatic rings. The van der Waals surface area contributed by atoms with Crippen LogP contribution in [0.2, 0.25) is 0 Å². The summed E-state index contributed by atoms with van der Waals surface area (Å²) in [7, 11) is 0. The molecule has 0 saturated heterocycles. The summed E-state index contributed by atoms with van der Waals surface area (Å²) in [5.74, 6) is -0.638. The molecule has 7 nitrogen and oxygen atoms in total. The van der Waals surface area contributed by atoms with Crippen LogP contribution in [0.25, 0.3) is 11.1 Å². The van der Waals surface area contributed by atoms with Crippen molar-refractivity contribution in [3.8, 4) is 17.2 Å². The Morgan fingerprint density at radius 2 is 1.90 bits per heavy atom. The number of anilines is 1. The zero-order chi connectivity index (χ0) is 21.5. The summed E-state index contributed by atoms with van der Waals surface area (Å²) in [6.07, 6.45) is 0. The highest BCUT2D eigenvalue weighted by Gasteiger charge is 2.22. The van der Waals surface area contributed by atoms with Crippen LogP contribution in [0.5, 0.6) is 0 Å². The molecule has 3 rings (SSSR count). The first-order valence-corrected chi connectivity index (χ1v) is 9.32. The second kappa shape index (κ2) is 9.34. The number of carbonyl (C=O) groups is 1.